The molecule has 0 bridgehead atoms. The maximum absolute atomic E-state index is 2.58. The fourth-order valence-electron chi connectivity index (χ4n) is 13.1. The molecule has 0 radical (unpaired) electrons. The van der Waals surface area contributed by atoms with E-state index in [1.54, 1.807) is 0 Å². The molecule has 0 N–H and O–H groups in total. The van der Waals surface area contributed by atoms with Gasteiger partial charge in [-0.05, 0) is 171 Å². The first-order chi connectivity index (χ1) is 32.3. The van der Waals surface area contributed by atoms with E-state index in [0.717, 1.165) is 0 Å². The van der Waals surface area contributed by atoms with Crippen LogP contribution in [0.5, 0.6) is 0 Å². The highest BCUT2D eigenvalue weighted by Crippen LogP contribution is 2.61. The Labute approximate surface area is 376 Å². The molecule has 17 rings (SSSR count). The zero-order valence-electron chi connectivity index (χ0n) is 34.9. The summed E-state index contributed by atoms with van der Waals surface area (Å²) in [6, 6.07) is 74.3. The average molecular weight is 833 g/mol. The summed E-state index contributed by atoms with van der Waals surface area (Å²) in [5.74, 6) is 0. The Bertz CT molecular complexity index is 4620. The third-order valence-corrected chi connectivity index (χ3v) is 16.8. The Morgan fingerprint density at radius 2 is 0.723 bits per heavy atom. The molecule has 294 valence electrons. The second kappa shape index (κ2) is 11.5. The number of fused-ring (bicyclic) bond motifs is 15. The lowest BCUT2D eigenvalue weighted by Gasteiger charge is -2.25. The van der Waals surface area contributed by atoms with Crippen LogP contribution >= 0.6 is 11.3 Å². The van der Waals surface area contributed by atoms with Crippen molar-refractivity contribution in [2.75, 3.05) is 0 Å². The highest BCUT2D eigenvalue weighted by molar-refractivity contribution is 7.23. The number of hydrogen-bond donors (Lipinski definition) is 0. The number of rotatable bonds is 2. The summed E-state index contributed by atoms with van der Waals surface area (Å²) >= 11 is 1.94. The van der Waals surface area contributed by atoms with E-state index in [1.165, 1.54) is 173 Å². The highest BCUT2D eigenvalue weighted by atomic mass is 32.1. The second-order valence-electron chi connectivity index (χ2n) is 18.5. The third kappa shape index (κ3) is 3.91. The first-order valence-electron chi connectivity index (χ1n) is 22.8. The molecule has 65 heavy (non-hydrogen) atoms. The lowest BCUT2D eigenvalue weighted by atomic mass is 9.77. The van der Waals surface area contributed by atoms with Crippen LogP contribution in [0.2, 0.25) is 0 Å². The molecule has 0 saturated heterocycles. The normalized spacial score (nSPS) is 12.9. The van der Waals surface area contributed by atoms with Gasteiger partial charge in [-0.2, -0.15) is 0 Å². The van der Waals surface area contributed by atoms with Gasteiger partial charge < -0.3 is 0 Å². The van der Waals surface area contributed by atoms with E-state index in [9.17, 15) is 0 Å². The molecule has 0 atom stereocenters. The van der Waals surface area contributed by atoms with Crippen LogP contribution in [0.3, 0.4) is 0 Å². The number of thiophene rings is 1. The number of benzene rings is 14. The molecule has 0 spiro atoms. The Kier molecular flexibility index (Phi) is 5.93. The smallest absolute Gasteiger partial charge is 0.0440 e. The van der Waals surface area contributed by atoms with E-state index in [2.05, 4.69) is 194 Å². The predicted molar refractivity (Wildman–Crippen MR) is 281 cm³/mol. The minimum Gasteiger partial charge on any atom is -0.135 e. The topological polar surface area (TPSA) is 0 Å². The van der Waals surface area contributed by atoms with Crippen molar-refractivity contribution in [2.45, 2.75) is 0 Å². The molecule has 1 heteroatoms. The molecule has 1 heterocycles. The summed E-state index contributed by atoms with van der Waals surface area (Å²) in [6.07, 6.45) is 0. The van der Waals surface area contributed by atoms with E-state index in [0.29, 0.717) is 0 Å². The van der Waals surface area contributed by atoms with Crippen LogP contribution < -0.4 is 0 Å². The molecule has 0 amide bonds. The van der Waals surface area contributed by atoms with Crippen molar-refractivity contribution in [3.8, 4) is 66.1 Å². The van der Waals surface area contributed by atoms with Gasteiger partial charge in [-0.1, -0.05) is 170 Å². The van der Waals surface area contributed by atoms with Crippen molar-refractivity contribution in [2.24, 2.45) is 0 Å². The maximum atomic E-state index is 2.58. The molecule has 0 fully saturated rings. The molecular formula is C64H32S. The zero-order valence-corrected chi connectivity index (χ0v) is 35.7. The van der Waals surface area contributed by atoms with Crippen molar-refractivity contribution < 1.29 is 0 Å². The van der Waals surface area contributed by atoms with Crippen LogP contribution in [-0.2, 0) is 0 Å². The standard InChI is InChI=1S/C64H32S/c1-3-12-33(13-4-1)48-32-51-60-43-25-24-40-50-31-36-17-8-7-16-35(36)30-49(50)39-23-22-38(56(43)54(39)40)37-19-11-20-42(55(37)60)58-44-28-29-47-59-45(61-41-18-9-10-21-52(41)65-64(47)61)26-27-46(57(44)59)62(63(51)58)53(48)34-14-5-2-6-15-34/h1-32H. The van der Waals surface area contributed by atoms with Crippen molar-refractivity contribution in [1.29, 1.82) is 0 Å². The Morgan fingerprint density at radius 3 is 1.48 bits per heavy atom. The van der Waals surface area contributed by atoms with Crippen molar-refractivity contribution in [3.63, 3.8) is 0 Å². The molecule has 15 aromatic rings. The second-order valence-corrected chi connectivity index (χ2v) is 19.5. The first kappa shape index (κ1) is 33.5. The van der Waals surface area contributed by atoms with Gasteiger partial charge in [0.05, 0.1) is 0 Å². The molecule has 14 aromatic carbocycles. The van der Waals surface area contributed by atoms with Gasteiger partial charge in [0.2, 0.25) is 0 Å². The minimum atomic E-state index is 1.23. The van der Waals surface area contributed by atoms with E-state index in [1.807, 2.05) is 11.3 Å². The fraction of sp³-hybridized carbons (Fsp3) is 0. The van der Waals surface area contributed by atoms with Gasteiger partial charge in [-0.25, -0.2) is 0 Å². The van der Waals surface area contributed by atoms with Crippen molar-refractivity contribution in [1.82, 2.24) is 0 Å². The lowest BCUT2D eigenvalue weighted by molar-refractivity contribution is 1.63. The molecule has 0 unspecified atom stereocenters. The van der Waals surface area contributed by atoms with Gasteiger partial charge in [0.15, 0.2) is 0 Å². The van der Waals surface area contributed by atoms with Crippen LogP contribution in [0.1, 0.15) is 0 Å². The van der Waals surface area contributed by atoms with Crippen LogP contribution in [0.25, 0.3) is 173 Å². The molecular weight excluding hydrogens is 801 g/mol. The van der Waals surface area contributed by atoms with Gasteiger partial charge in [0.25, 0.3) is 0 Å². The number of hydrogen-bond acceptors (Lipinski definition) is 1. The monoisotopic (exact) mass is 832 g/mol. The molecule has 0 saturated carbocycles. The SMILES string of the molecule is c1ccc(-c2cc3c4c5ccc6c7c(ccc(c8cccc(c84)c4c8ccc9c%10c(ccc(c(c2-c2ccccc2)c34)c%108)-c2c-9sc3ccccc23)c75)-c2cc3ccccc3cc2-6)cc1. The summed E-state index contributed by atoms with van der Waals surface area (Å²) in [5.41, 5.74) is 14.5. The molecule has 2 aliphatic rings. The Hall–Kier alpha value is -8.10. The summed E-state index contributed by atoms with van der Waals surface area (Å²) in [6.45, 7) is 0. The van der Waals surface area contributed by atoms with E-state index in [4.69, 9.17) is 0 Å². The Morgan fingerprint density at radius 1 is 0.231 bits per heavy atom. The lowest BCUT2D eigenvalue weighted by Crippen LogP contribution is -1.97. The minimum absolute atomic E-state index is 1.23. The summed E-state index contributed by atoms with van der Waals surface area (Å²) in [7, 11) is 0. The molecule has 0 nitrogen and oxygen atoms in total. The average Bonchev–Trinajstić information content (AvgIpc) is 4.01. The van der Waals surface area contributed by atoms with E-state index >= 15 is 0 Å². The summed E-state index contributed by atoms with van der Waals surface area (Å²) in [5, 5.41) is 25.6. The van der Waals surface area contributed by atoms with Crippen LogP contribution in [0.4, 0.5) is 0 Å². The first-order valence-corrected chi connectivity index (χ1v) is 23.6. The largest absolute Gasteiger partial charge is 0.135 e. The van der Waals surface area contributed by atoms with Gasteiger partial charge in [0, 0.05) is 26.1 Å². The summed E-state index contributed by atoms with van der Waals surface area (Å²) < 4.78 is 1.35. The van der Waals surface area contributed by atoms with Gasteiger partial charge in [-0.15, -0.1) is 11.3 Å². The van der Waals surface area contributed by atoms with E-state index in [-0.39, 0.29) is 0 Å². The van der Waals surface area contributed by atoms with Crippen molar-refractivity contribution >= 4 is 118 Å². The van der Waals surface area contributed by atoms with Gasteiger partial charge >= 0.3 is 0 Å². The van der Waals surface area contributed by atoms with Crippen molar-refractivity contribution in [3.05, 3.63) is 194 Å². The summed E-state index contributed by atoms with van der Waals surface area (Å²) in [4.78, 5) is 1.40. The third-order valence-electron chi connectivity index (χ3n) is 15.6. The maximum Gasteiger partial charge on any atom is 0.0440 e. The zero-order chi connectivity index (χ0) is 41.8. The van der Waals surface area contributed by atoms with Crippen LogP contribution in [-0.4, -0.2) is 0 Å². The van der Waals surface area contributed by atoms with Gasteiger partial charge in [0.1, 0.15) is 0 Å². The predicted octanol–water partition coefficient (Wildman–Crippen LogP) is 18.8. The molecule has 2 aliphatic carbocycles. The quantitative estimate of drug-likeness (QED) is 0.120. The fourth-order valence-corrected chi connectivity index (χ4v) is 14.4. The van der Waals surface area contributed by atoms with Crippen LogP contribution in [0.15, 0.2) is 194 Å². The van der Waals surface area contributed by atoms with Gasteiger partial charge in [-0.3, -0.25) is 0 Å². The molecule has 1 aromatic heterocycles. The van der Waals surface area contributed by atoms with Crippen LogP contribution in [0, 0.1) is 0 Å². The van der Waals surface area contributed by atoms with E-state index < -0.39 is 0 Å². The highest BCUT2D eigenvalue weighted by Gasteiger charge is 2.32. The Balaban J connectivity index is 1.14. The molecule has 0 aliphatic heterocycles.